The third-order valence-corrected chi connectivity index (χ3v) is 5.32. The Bertz CT molecular complexity index is 599. The standard InChI is InChI=1S/C19H27N3O2/c1-13(21-18(23)12-15-4-2-5-17(15)20)14-7-9-16(10-8-14)22-11-3-6-19(22)24/h7-10,13,15,17H,2-6,11-12,20H2,1H3,(H,21,23)/t13?,15-,17+/m0/s1. The Kier molecular flexibility index (Phi) is 5.19. The molecule has 1 heterocycles. The number of hydrogen-bond acceptors (Lipinski definition) is 3. The van der Waals surface area contributed by atoms with E-state index in [-0.39, 0.29) is 23.9 Å². The van der Waals surface area contributed by atoms with E-state index in [1.165, 1.54) is 0 Å². The van der Waals surface area contributed by atoms with E-state index in [1.807, 2.05) is 36.1 Å². The fraction of sp³-hybridized carbons (Fsp3) is 0.579. The predicted molar refractivity (Wildman–Crippen MR) is 94.5 cm³/mol. The van der Waals surface area contributed by atoms with Gasteiger partial charge in [-0.3, -0.25) is 9.59 Å². The molecule has 1 saturated carbocycles. The van der Waals surface area contributed by atoms with Crippen LogP contribution < -0.4 is 16.0 Å². The normalized spacial score (nSPS) is 25.1. The van der Waals surface area contributed by atoms with E-state index >= 15 is 0 Å². The molecule has 2 amide bonds. The van der Waals surface area contributed by atoms with Gasteiger partial charge in [0.25, 0.3) is 0 Å². The van der Waals surface area contributed by atoms with Crippen molar-refractivity contribution >= 4 is 17.5 Å². The second kappa shape index (κ2) is 7.34. The lowest BCUT2D eigenvalue weighted by molar-refractivity contribution is -0.122. The molecule has 1 saturated heterocycles. The van der Waals surface area contributed by atoms with Crippen LogP contribution in [0.3, 0.4) is 0 Å². The van der Waals surface area contributed by atoms with Crippen molar-refractivity contribution in [3.05, 3.63) is 29.8 Å². The highest BCUT2D eigenvalue weighted by Gasteiger charge is 2.26. The zero-order valence-corrected chi connectivity index (χ0v) is 14.3. The largest absolute Gasteiger partial charge is 0.350 e. The molecule has 1 aliphatic carbocycles. The molecule has 3 N–H and O–H groups in total. The fourth-order valence-corrected chi connectivity index (χ4v) is 3.80. The molecule has 3 rings (SSSR count). The van der Waals surface area contributed by atoms with E-state index < -0.39 is 0 Å². The van der Waals surface area contributed by atoms with Crippen LogP contribution in [0.15, 0.2) is 24.3 Å². The van der Waals surface area contributed by atoms with E-state index in [0.29, 0.717) is 18.8 Å². The average molecular weight is 329 g/mol. The van der Waals surface area contributed by atoms with Crippen LogP contribution in [0.5, 0.6) is 0 Å². The second-order valence-corrected chi connectivity index (χ2v) is 7.09. The van der Waals surface area contributed by atoms with Crippen LogP contribution in [-0.2, 0) is 9.59 Å². The molecular formula is C19H27N3O2. The maximum absolute atomic E-state index is 12.2. The van der Waals surface area contributed by atoms with Gasteiger partial charge in [0.05, 0.1) is 6.04 Å². The van der Waals surface area contributed by atoms with Crippen molar-refractivity contribution in [2.45, 2.75) is 57.5 Å². The minimum atomic E-state index is -0.0431. The quantitative estimate of drug-likeness (QED) is 0.871. The van der Waals surface area contributed by atoms with Crippen molar-refractivity contribution in [2.75, 3.05) is 11.4 Å². The van der Waals surface area contributed by atoms with Crippen molar-refractivity contribution < 1.29 is 9.59 Å². The number of carbonyl (C=O) groups is 2. The molecule has 1 unspecified atom stereocenters. The fourth-order valence-electron chi connectivity index (χ4n) is 3.80. The topological polar surface area (TPSA) is 75.4 Å². The Morgan fingerprint density at radius 2 is 2.04 bits per heavy atom. The lowest BCUT2D eigenvalue weighted by Gasteiger charge is -2.20. The molecule has 5 heteroatoms. The Balaban J connectivity index is 1.55. The highest BCUT2D eigenvalue weighted by Crippen LogP contribution is 2.27. The number of hydrogen-bond donors (Lipinski definition) is 2. The molecule has 0 radical (unpaired) electrons. The molecule has 2 fully saturated rings. The van der Waals surface area contributed by atoms with Gasteiger partial charge in [0, 0.05) is 31.1 Å². The first kappa shape index (κ1) is 17.0. The molecule has 5 nitrogen and oxygen atoms in total. The molecule has 24 heavy (non-hydrogen) atoms. The van der Waals surface area contributed by atoms with Gasteiger partial charge in [-0.05, 0) is 49.8 Å². The van der Waals surface area contributed by atoms with Crippen LogP contribution in [0.1, 0.15) is 57.1 Å². The number of anilines is 1. The number of rotatable bonds is 5. The van der Waals surface area contributed by atoms with Crippen LogP contribution in [-0.4, -0.2) is 24.4 Å². The Morgan fingerprint density at radius 1 is 1.29 bits per heavy atom. The summed E-state index contributed by atoms with van der Waals surface area (Å²) in [5.74, 6) is 0.585. The van der Waals surface area contributed by atoms with Crippen molar-refractivity contribution in [2.24, 2.45) is 11.7 Å². The van der Waals surface area contributed by atoms with E-state index in [0.717, 1.165) is 43.5 Å². The number of nitrogens with two attached hydrogens (primary N) is 1. The first-order chi connectivity index (χ1) is 11.5. The van der Waals surface area contributed by atoms with E-state index in [9.17, 15) is 9.59 Å². The summed E-state index contributed by atoms with van der Waals surface area (Å²) in [6.07, 6.45) is 5.30. The average Bonchev–Trinajstić information content (AvgIpc) is 3.16. The molecule has 130 valence electrons. The highest BCUT2D eigenvalue weighted by molar-refractivity contribution is 5.95. The summed E-state index contributed by atoms with van der Waals surface area (Å²) in [7, 11) is 0. The summed E-state index contributed by atoms with van der Waals surface area (Å²) < 4.78 is 0. The molecule has 3 atom stereocenters. The summed E-state index contributed by atoms with van der Waals surface area (Å²) in [5, 5.41) is 3.07. The molecule has 0 bridgehead atoms. The molecule has 0 aromatic heterocycles. The number of nitrogens with zero attached hydrogens (tertiary/aromatic N) is 1. The van der Waals surface area contributed by atoms with E-state index in [1.54, 1.807) is 0 Å². The zero-order valence-electron chi connectivity index (χ0n) is 14.3. The Labute approximate surface area is 143 Å². The molecule has 1 aromatic carbocycles. The minimum Gasteiger partial charge on any atom is -0.350 e. The lowest BCUT2D eigenvalue weighted by Crippen LogP contribution is -2.32. The molecule has 1 aromatic rings. The first-order valence-corrected chi connectivity index (χ1v) is 9.00. The van der Waals surface area contributed by atoms with Gasteiger partial charge in [0.15, 0.2) is 0 Å². The van der Waals surface area contributed by atoms with Crippen LogP contribution in [0.2, 0.25) is 0 Å². The van der Waals surface area contributed by atoms with Gasteiger partial charge in [0.1, 0.15) is 0 Å². The number of amides is 2. The number of benzene rings is 1. The van der Waals surface area contributed by atoms with Crippen LogP contribution in [0, 0.1) is 5.92 Å². The summed E-state index contributed by atoms with van der Waals surface area (Å²) in [6.45, 7) is 2.79. The van der Waals surface area contributed by atoms with Crippen molar-refractivity contribution in [3.63, 3.8) is 0 Å². The lowest BCUT2D eigenvalue weighted by atomic mass is 9.99. The highest BCUT2D eigenvalue weighted by atomic mass is 16.2. The van der Waals surface area contributed by atoms with Crippen molar-refractivity contribution in [3.8, 4) is 0 Å². The molecule has 1 aliphatic heterocycles. The molecular weight excluding hydrogens is 302 g/mol. The third kappa shape index (κ3) is 3.78. The predicted octanol–water partition coefficient (Wildman–Crippen LogP) is 2.51. The summed E-state index contributed by atoms with van der Waals surface area (Å²) in [4.78, 5) is 25.8. The first-order valence-electron chi connectivity index (χ1n) is 9.00. The van der Waals surface area contributed by atoms with Gasteiger partial charge >= 0.3 is 0 Å². The van der Waals surface area contributed by atoms with Crippen LogP contribution in [0.25, 0.3) is 0 Å². The van der Waals surface area contributed by atoms with Crippen LogP contribution >= 0.6 is 0 Å². The minimum absolute atomic E-state index is 0.0431. The summed E-state index contributed by atoms with van der Waals surface area (Å²) in [6, 6.07) is 8.05. The third-order valence-electron chi connectivity index (χ3n) is 5.32. The summed E-state index contributed by atoms with van der Waals surface area (Å²) in [5.41, 5.74) is 8.04. The second-order valence-electron chi connectivity index (χ2n) is 7.09. The van der Waals surface area contributed by atoms with E-state index in [2.05, 4.69) is 5.32 Å². The molecule has 2 aliphatic rings. The zero-order chi connectivity index (χ0) is 17.1. The van der Waals surface area contributed by atoms with Gasteiger partial charge in [0.2, 0.25) is 11.8 Å². The van der Waals surface area contributed by atoms with E-state index in [4.69, 9.17) is 5.73 Å². The monoisotopic (exact) mass is 329 g/mol. The SMILES string of the molecule is CC(NC(=O)C[C@@H]1CCC[C@H]1N)c1ccc(N2CCCC2=O)cc1. The Hall–Kier alpha value is -1.88. The number of carbonyl (C=O) groups excluding carboxylic acids is 2. The maximum Gasteiger partial charge on any atom is 0.227 e. The smallest absolute Gasteiger partial charge is 0.227 e. The van der Waals surface area contributed by atoms with Gasteiger partial charge in [-0.25, -0.2) is 0 Å². The van der Waals surface area contributed by atoms with Gasteiger partial charge in [-0.15, -0.1) is 0 Å². The molecule has 0 spiro atoms. The van der Waals surface area contributed by atoms with Crippen molar-refractivity contribution in [1.29, 1.82) is 0 Å². The van der Waals surface area contributed by atoms with Gasteiger partial charge in [-0.2, -0.15) is 0 Å². The maximum atomic E-state index is 12.2. The van der Waals surface area contributed by atoms with Gasteiger partial charge < -0.3 is 16.0 Å². The summed E-state index contributed by atoms with van der Waals surface area (Å²) >= 11 is 0. The van der Waals surface area contributed by atoms with Gasteiger partial charge in [-0.1, -0.05) is 18.6 Å². The van der Waals surface area contributed by atoms with Crippen LogP contribution in [0.4, 0.5) is 5.69 Å². The van der Waals surface area contributed by atoms with Crippen molar-refractivity contribution in [1.82, 2.24) is 5.32 Å². The number of nitrogens with one attached hydrogen (secondary N) is 1. The Morgan fingerprint density at radius 3 is 2.62 bits per heavy atom.